The summed E-state index contributed by atoms with van der Waals surface area (Å²) in [6, 6.07) is 15.8. The van der Waals surface area contributed by atoms with E-state index >= 15 is 0 Å². The SMILES string of the molecule is c1ccc([C@@H](c2nnnn2Cc2cccs2)N2CCN(C3CCCC3)CC2)cc1. The van der Waals surface area contributed by atoms with E-state index in [1.165, 1.54) is 36.1 Å². The van der Waals surface area contributed by atoms with Crippen LogP contribution in [0.3, 0.4) is 0 Å². The van der Waals surface area contributed by atoms with Gasteiger partial charge in [-0.3, -0.25) is 9.80 Å². The molecule has 1 aliphatic heterocycles. The zero-order valence-corrected chi connectivity index (χ0v) is 17.5. The third-order valence-electron chi connectivity index (χ3n) is 6.36. The number of nitrogens with zero attached hydrogens (tertiary/aromatic N) is 6. The van der Waals surface area contributed by atoms with E-state index in [0.717, 1.165) is 44.6 Å². The molecule has 1 saturated carbocycles. The molecule has 0 spiro atoms. The summed E-state index contributed by atoms with van der Waals surface area (Å²) in [7, 11) is 0. The van der Waals surface area contributed by atoms with Crippen LogP contribution in [0.4, 0.5) is 0 Å². The highest BCUT2D eigenvalue weighted by molar-refractivity contribution is 7.09. The molecular weight excluding hydrogens is 380 g/mol. The maximum atomic E-state index is 4.50. The summed E-state index contributed by atoms with van der Waals surface area (Å²) in [4.78, 5) is 6.55. The van der Waals surface area contributed by atoms with Gasteiger partial charge in [-0.05, 0) is 40.3 Å². The minimum absolute atomic E-state index is 0.0943. The molecule has 1 atom stereocenters. The van der Waals surface area contributed by atoms with Crippen LogP contribution in [0.25, 0.3) is 0 Å². The first-order chi connectivity index (χ1) is 14.4. The minimum atomic E-state index is 0.0943. The fourth-order valence-corrected chi connectivity index (χ4v) is 5.54. The number of aromatic nitrogens is 4. The van der Waals surface area contributed by atoms with E-state index in [2.05, 4.69) is 73.2 Å². The highest BCUT2D eigenvalue weighted by atomic mass is 32.1. The lowest BCUT2D eigenvalue weighted by atomic mass is 10.0. The van der Waals surface area contributed by atoms with E-state index in [1.54, 1.807) is 11.3 Å². The first kappa shape index (κ1) is 18.9. The summed E-state index contributed by atoms with van der Waals surface area (Å²) in [5.74, 6) is 0.943. The molecule has 2 aromatic heterocycles. The number of benzene rings is 1. The molecule has 29 heavy (non-hydrogen) atoms. The summed E-state index contributed by atoms with van der Waals surface area (Å²) in [5.41, 5.74) is 1.27. The number of thiophene rings is 1. The van der Waals surface area contributed by atoms with Crippen LogP contribution in [0, 0.1) is 0 Å². The number of rotatable bonds is 6. The van der Waals surface area contributed by atoms with E-state index in [-0.39, 0.29) is 6.04 Å². The van der Waals surface area contributed by atoms with Crippen molar-refractivity contribution in [3.63, 3.8) is 0 Å². The van der Waals surface area contributed by atoms with E-state index in [9.17, 15) is 0 Å². The molecule has 1 aromatic carbocycles. The molecule has 0 radical (unpaired) electrons. The third-order valence-corrected chi connectivity index (χ3v) is 7.22. The first-order valence-corrected chi connectivity index (χ1v) is 11.6. The van der Waals surface area contributed by atoms with Crippen molar-refractivity contribution in [1.29, 1.82) is 0 Å². The quantitative estimate of drug-likeness (QED) is 0.625. The molecule has 0 N–H and O–H groups in total. The van der Waals surface area contributed by atoms with Crippen LogP contribution in [-0.4, -0.2) is 62.2 Å². The molecule has 3 heterocycles. The van der Waals surface area contributed by atoms with Crippen molar-refractivity contribution in [2.45, 2.75) is 44.3 Å². The Morgan fingerprint density at radius 3 is 2.48 bits per heavy atom. The van der Waals surface area contributed by atoms with Crippen LogP contribution in [0.1, 0.15) is 48.0 Å². The standard InChI is InChI=1S/C22H28N6S/c1-2-7-18(8-3-1)21(22-23-24-25-28(22)17-20-11-6-16-29-20)27-14-12-26(13-15-27)19-9-4-5-10-19/h1-3,6-8,11,16,19,21H,4-5,9-10,12-15,17H2/t21-/m0/s1. The molecule has 5 rings (SSSR count). The van der Waals surface area contributed by atoms with Crippen molar-refractivity contribution >= 4 is 11.3 Å². The Kier molecular flexibility index (Phi) is 5.69. The van der Waals surface area contributed by atoms with Gasteiger partial charge >= 0.3 is 0 Å². The van der Waals surface area contributed by atoms with Gasteiger partial charge in [0.05, 0.1) is 12.6 Å². The van der Waals surface area contributed by atoms with Gasteiger partial charge in [-0.25, -0.2) is 4.68 Å². The van der Waals surface area contributed by atoms with Crippen molar-refractivity contribution in [3.05, 3.63) is 64.1 Å². The van der Waals surface area contributed by atoms with Crippen LogP contribution in [0.2, 0.25) is 0 Å². The third kappa shape index (κ3) is 4.13. The van der Waals surface area contributed by atoms with E-state index in [4.69, 9.17) is 0 Å². The second-order valence-corrected chi connectivity index (χ2v) is 9.13. The molecule has 7 heteroatoms. The Hall–Kier alpha value is -2.09. The number of hydrogen-bond donors (Lipinski definition) is 0. The van der Waals surface area contributed by atoms with Gasteiger partial charge in [-0.15, -0.1) is 16.4 Å². The lowest BCUT2D eigenvalue weighted by Gasteiger charge is -2.41. The van der Waals surface area contributed by atoms with Crippen LogP contribution < -0.4 is 0 Å². The number of piperazine rings is 1. The molecule has 3 aromatic rings. The van der Waals surface area contributed by atoms with Crippen molar-refractivity contribution in [2.75, 3.05) is 26.2 Å². The Balaban J connectivity index is 1.39. The number of tetrazole rings is 1. The molecule has 1 saturated heterocycles. The first-order valence-electron chi connectivity index (χ1n) is 10.7. The fourth-order valence-electron chi connectivity index (χ4n) is 4.86. The lowest BCUT2D eigenvalue weighted by molar-refractivity contribution is 0.0771. The predicted octanol–water partition coefficient (Wildman–Crippen LogP) is 3.43. The monoisotopic (exact) mass is 408 g/mol. The Labute approximate surface area is 176 Å². The molecule has 1 aliphatic carbocycles. The van der Waals surface area contributed by atoms with Crippen molar-refractivity contribution in [1.82, 2.24) is 30.0 Å². The molecule has 2 aliphatic rings. The van der Waals surface area contributed by atoms with Crippen molar-refractivity contribution < 1.29 is 0 Å². The molecule has 0 amide bonds. The molecular formula is C22H28N6S. The van der Waals surface area contributed by atoms with Crippen molar-refractivity contribution in [3.8, 4) is 0 Å². The van der Waals surface area contributed by atoms with Gasteiger partial charge in [-0.2, -0.15) is 0 Å². The van der Waals surface area contributed by atoms with Crippen molar-refractivity contribution in [2.24, 2.45) is 0 Å². The summed E-state index contributed by atoms with van der Waals surface area (Å²) in [6.07, 6.45) is 5.55. The summed E-state index contributed by atoms with van der Waals surface area (Å²) < 4.78 is 1.98. The van der Waals surface area contributed by atoms with Gasteiger partial charge in [-0.1, -0.05) is 49.2 Å². The topological polar surface area (TPSA) is 50.1 Å². The molecule has 2 fully saturated rings. The zero-order chi connectivity index (χ0) is 19.5. The van der Waals surface area contributed by atoms with Gasteiger partial charge in [0, 0.05) is 37.1 Å². The summed E-state index contributed by atoms with van der Waals surface area (Å²) in [6.45, 7) is 5.12. The van der Waals surface area contributed by atoms with E-state index in [0.29, 0.717) is 0 Å². The highest BCUT2D eigenvalue weighted by Crippen LogP contribution is 2.30. The van der Waals surface area contributed by atoms with E-state index < -0.39 is 0 Å². The summed E-state index contributed by atoms with van der Waals surface area (Å²) in [5, 5.41) is 15.0. The molecule has 6 nitrogen and oxygen atoms in total. The zero-order valence-electron chi connectivity index (χ0n) is 16.7. The maximum absolute atomic E-state index is 4.50. The minimum Gasteiger partial charge on any atom is -0.298 e. The predicted molar refractivity (Wildman–Crippen MR) is 115 cm³/mol. The van der Waals surface area contributed by atoms with Gasteiger partial charge in [0.25, 0.3) is 0 Å². The average Bonchev–Trinajstić information content (AvgIpc) is 3.54. The Bertz CT molecular complexity index is 879. The second-order valence-electron chi connectivity index (χ2n) is 8.10. The van der Waals surface area contributed by atoms with E-state index in [1.807, 2.05) is 4.68 Å². The van der Waals surface area contributed by atoms with Crippen LogP contribution in [0.15, 0.2) is 47.8 Å². The van der Waals surface area contributed by atoms with Gasteiger partial charge < -0.3 is 0 Å². The second kappa shape index (κ2) is 8.73. The Morgan fingerprint density at radius 2 is 1.76 bits per heavy atom. The van der Waals surface area contributed by atoms with Crippen LogP contribution in [-0.2, 0) is 6.54 Å². The van der Waals surface area contributed by atoms with Gasteiger partial charge in [0.15, 0.2) is 5.82 Å². The Morgan fingerprint density at radius 1 is 0.966 bits per heavy atom. The normalized spacial score (nSPS) is 20.3. The largest absolute Gasteiger partial charge is 0.298 e. The molecule has 0 bridgehead atoms. The lowest BCUT2D eigenvalue weighted by Crippen LogP contribution is -2.51. The van der Waals surface area contributed by atoms with Gasteiger partial charge in [0.1, 0.15) is 0 Å². The van der Waals surface area contributed by atoms with Gasteiger partial charge in [0.2, 0.25) is 0 Å². The average molecular weight is 409 g/mol. The highest BCUT2D eigenvalue weighted by Gasteiger charge is 2.33. The number of hydrogen-bond acceptors (Lipinski definition) is 6. The molecule has 152 valence electrons. The maximum Gasteiger partial charge on any atom is 0.173 e. The van der Waals surface area contributed by atoms with Crippen LogP contribution in [0.5, 0.6) is 0 Å². The smallest absolute Gasteiger partial charge is 0.173 e. The molecule has 0 unspecified atom stereocenters. The fraction of sp³-hybridized carbons (Fsp3) is 0.500. The summed E-state index contributed by atoms with van der Waals surface area (Å²) >= 11 is 1.75. The van der Waals surface area contributed by atoms with Crippen LogP contribution >= 0.6 is 11.3 Å².